The van der Waals surface area contributed by atoms with Gasteiger partial charge in [-0.15, -0.1) is 0 Å². The fraction of sp³-hybridized carbons (Fsp3) is 0.900. The first-order valence-corrected chi connectivity index (χ1v) is 10.2. The van der Waals surface area contributed by atoms with Crippen molar-refractivity contribution in [1.29, 1.82) is 0 Å². The molecule has 0 N–H and O–H groups in total. The van der Waals surface area contributed by atoms with Crippen molar-refractivity contribution in [2.45, 2.75) is 25.7 Å². The standard InChI is InChI=1S/C20H44N4O4/c1-21(2)19(25)27-17-15-23(5,6)13-11-9-10-12-14-24(7,8)16-18-28-20(26)22(3)4/h9-18H2,1-8H3/q+2. The van der Waals surface area contributed by atoms with Gasteiger partial charge in [0.25, 0.3) is 0 Å². The van der Waals surface area contributed by atoms with Crippen molar-refractivity contribution >= 4 is 12.2 Å². The highest BCUT2D eigenvalue weighted by Crippen LogP contribution is 2.08. The second-order valence-corrected chi connectivity index (χ2v) is 9.20. The first-order chi connectivity index (χ1) is 12.9. The van der Waals surface area contributed by atoms with Gasteiger partial charge >= 0.3 is 12.2 Å². The fourth-order valence-corrected chi connectivity index (χ4v) is 2.68. The van der Waals surface area contributed by atoms with Gasteiger partial charge < -0.3 is 28.2 Å². The van der Waals surface area contributed by atoms with Gasteiger partial charge in [0, 0.05) is 28.2 Å². The third kappa shape index (κ3) is 13.6. The SMILES string of the molecule is CN(C)C(=O)OCC[N+](C)(C)CCCCCC[N+](C)(C)CCOC(=O)N(C)C. The second kappa shape index (κ2) is 12.8. The first-order valence-electron chi connectivity index (χ1n) is 10.2. The molecule has 0 aliphatic heterocycles. The van der Waals surface area contributed by atoms with Crippen LogP contribution in [0, 0.1) is 0 Å². The highest BCUT2D eigenvalue weighted by atomic mass is 16.6. The molecule has 8 heteroatoms. The summed E-state index contributed by atoms with van der Waals surface area (Å²) in [5.74, 6) is 0. The number of carbonyl (C=O) groups excluding carboxylic acids is 2. The average Bonchev–Trinajstić information content (AvgIpc) is 2.57. The molecule has 0 aromatic rings. The molecule has 0 radical (unpaired) electrons. The predicted molar refractivity (Wildman–Crippen MR) is 112 cm³/mol. The molecule has 0 fully saturated rings. The third-order valence-electron chi connectivity index (χ3n) is 4.85. The number of likely N-dealkylation sites (N-methyl/N-ethyl adjacent to an activating group) is 2. The van der Waals surface area contributed by atoms with Gasteiger partial charge in [-0.3, -0.25) is 0 Å². The number of nitrogens with zero attached hydrogens (tertiary/aromatic N) is 4. The molecule has 0 spiro atoms. The Bertz CT molecular complexity index is 423. The molecule has 28 heavy (non-hydrogen) atoms. The number of ether oxygens (including phenoxy) is 2. The maximum atomic E-state index is 11.4. The maximum Gasteiger partial charge on any atom is 0.409 e. The van der Waals surface area contributed by atoms with Crippen molar-refractivity contribution in [2.24, 2.45) is 0 Å². The van der Waals surface area contributed by atoms with Gasteiger partial charge in [-0.2, -0.15) is 0 Å². The molecule has 0 unspecified atom stereocenters. The highest BCUT2D eigenvalue weighted by Gasteiger charge is 2.18. The zero-order chi connectivity index (χ0) is 21.8. The van der Waals surface area contributed by atoms with Gasteiger partial charge in [0.1, 0.15) is 26.3 Å². The van der Waals surface area contributed by atoms with E-state index < -0.39 is 0 Å². The van der Waals surface area contributed by atoms with Crippen LogP contribution in [0.5, 0.6) is 0 Å². The molecular weight excluding hydrogens is 360 g/mol. The quantitative estimate of drug-likeness (QED) is 0.348. The fourth-order valence-electron chi connectivity index (χ4n) is 2.68. The molecule has 0 rings (SSSR count). The van der Waals surface area contributed by atoms with Crippen molar-refractivity contribution < 1.29 is 28.0 Å². The Kier molecular flexibility index (Phi) is 12.1. The number of unbranched alkanes of at least 4 members (excludes halogenated alkanes) is 3. The van der Waals surface area contributed by atoms with E-state index >= 15 is 0 Å². The van der Waals surface area contributed by atoms with E-state index in [1.54, 1.807) is 28.2 Å². The van der Waals surface area contributed by atoms with Gasteiger partial charge in [0.15, 0.2) is 0 Å². The minimum absolute atomic E-state index is 0.280. The van der Waals surface area contributed by atoms with E-state index in [-0.39, 0.29) is 12.2 Å². The summed E-state index contributed by atoms with van der Waals surface area (Å²) in [6.07, 6.45) is 4.18. The van der Waals surface area contributed by atoms with Crippen LogP contribution in [0.1, 0.15) is 25.7 Å². The van der Waals surface area contributed by atoms with E-state index in [1.807, 2.05) is 0 Å². The molecule has 0 aliphatic carbocycles. The maximum absolute atomic E-state index is 11.4. The van der Waals surface area contributed by atoms with Crippen molar-refractivity contribution in [3.8, 4) is 0 Å². The lowest BCUT2D eigenvalue weighted by Gasteiger charge is -2.30. The molecule has 166 valence electrons. The summed E-state index contributed by atoms with van der Waals surface area (Å²) in [5.41, 5.74) is 0. The van der Waals surface area contributed by atoms with Gasteiger partial charge in [-0.25, -0.2) is 9.59 Å². The van der Waals surface area contributed by atoms with E-state index in [2.05, 4.69) is 28.2 Å². The van der Waals surface area contributed by atoms with Crippen LogP contribution in [0.25, 0.3) is 0 Å². The topological polar surface area (TPSA) is 59.1 Å². The molecule has 0 aromatic carbocycles. The van der Waals surface area contributed by atoms with E-state index in [1.165, 1.54) is 35.5 Å². The summed E-state index contributed by atoms with van der Waals surface area (Å²) < 4.78 is 12.2. The van der Waals surface area contributed by atoms with Crippen LogP contribution in [0.15, 0.2) is 0 Å². The van der Waals surface area contributed by atoms with Crippen LogP contribution in [0.4, 0.5) is 9.59 Å². The van der Waals surface area contributed by atoms with E-state index in [0.29, 0.717) is 13.2 Å². The number of quaternary nitrogens is 2. The second-order valence-electron chi connectivity index (χ2n) is 9.20. The number of amides is 2. The summed E-state index contributed by atoms with van der Waals surface area (Å²) in [6, 6.07) is 0. The lowest BCUT2D eigenvalue weighted by molar-refractivity contribution is -0.891. The minimum Gasteiger partial charge on any atom is -0.443 e. The molecule has 8 nitrogen and oxygen atoms in total. The van der Waals surface area contributed by atoms with Crippen LogP contribution in [0.3, 0.4) is 0 Å². The predicted octanol–water partition coefficient (Wildman–Crippen LogP) is 2.10. The van der Waals surface area contributed by atoms with Gasteiger partial charge in [-0.1, -0.05) is 0 Å². The Balaban J connectivity index is 3.82. The molecule has 0 saturated carbocycles. The minimum atomic E-state index is -0.280. The zero-order valence-electron chi connectivity index (χ0n) is 19.5. The summed E-state index contributed by atoms with van der Waals surface area (Å²) in [5, 5.41) is 0. The van der Waals surface area contributed by atoms with Crippen molar-refractivity contribution in [2.75, 3.05) is 95.8 Å². The van der Waals surface area contributed by atoms with Gasteiger partial charge in [-0.05, 0) is 25.7 Å². The summed E-state index contributed by atoms with van der Waals surface area (Å²) in [4.78, 5) is 25.8. The van der Waals surface area contributed by atoms with Crippen LogP contribution >= 0.6 is 0 Å². The number of hydrogen-bond acceptors (Lipinski definition) is 4. The van der Waals surface area contributed by atoms with Crippen LogP contribution < -0.4 is 0 Å². The van der Waals surface area contributed by atoms with Gasteiger partial charge in [0.05, 0.1) is 41.3 Å². The molecule has 0 bridgehead atoms. The molecule has 0 aromatic heterocycles. The molecule has 0 atom stereocenters. The van der Waals surface area contributed by atoms with Crippen LogP contribution in [0.2, 0.25) is 0 Å². The summed E-state index contributed by atoms with van der Waals surface area (Å²) in [6.45, 7) is 4.73. The Morgan fingerprint density at radius 3 is 1.21 bits per heavy atom. The molecule has 0 heterocycles. The summed E-state index contributed by atoms with van der Waals surface area (Å²) >= 11 is 0. The lowest BCUT2D eigenvalue weighted by atomic mass is 10.1. The molecule has 2 amide bonds. The normalized spacial score (nSPS) is 11.9. The van der Waals surface area contributed by atoms with E-state index in [4.69, 9.17) is 9.47 Å². The highest BCUT2D eigenvalue weighted by molar-refractivity contribution is 5.67. The number of rotatable bonds is 13. The Hall–Kier alpha value is -1.54. The number of carbonyl (C=O) groups is 2. The molecule has 0 saturated heterocycles. The Morgan fingerprint density at radius 1 is 0.607 bits per heavy atom. The van der Waals surface area contributed by atoms with Crippen LogP contribution in [-0.4, -0.2) is 127 Å². The van der Waals surface area contributed by atoms with Crippen LogP contribution in [-0.2, 0) is 9.47 Å². The van der Waals surface area contributed by atoms with Crippen molar-refractivity contribution in [1.82, 2.24) is 9.80 Å². The molecule has 0 aliphatic rings. The van der Waals surface area contributed by atoms with Crippen molar-refractivity contribution in [3.05, 3.63) is 0 Å². The smallest absolute Gasteiger partial charge is 0.409 e. The monoisotopic (exact) mass is 404 g/mol. The van der Waals surface area contributed by atoms with E-state index in [0.717, 1.165) is 35.1 Å². The Morgan fingerprint density at radius 2 is 0.929 bits per heavy atom. The van der Waals surface area contributed by atoms with Gasteiger partial charge in [0.2, 0.25) is 0 Å². The lowest BCUT2D eigenvalue weighted by Crippen LogP contribution is -2.44. The first kappa shape index (κ1) is 26.5. The van der Waals surface area contributed by atoms with E-state index in [9.17, 15) is 9.59 Å². The Labute approximate surface area is 172 Å². The third-order valence-corrected chi connectivity index (χ3v) is 4.85. The largest absolute Gasteiger partial charge is 0.443 e. The van der Waals surface area contributed by atoms with Crippen molar-refractivity contribution in [3.63, 3.8) is 0 Å². The zero-order valence-corrected chi connectivity index (χ0v) is 19.5. The molecular formula is C20H44N4O4+2. The number of hydrogen-bond donors (Lipinski definition) is 0. The summed E-state index contributed by atoms with van der Waals surface area (Å²) in [7, 11) is 15.5. The average molecular weight is 405 g/mol.